The lowest BCUT2D eigenvalue weighted by Gasteiger charge is -2.01. The predicted molar refractivity (Wildman–Crippen MR) is 68.0 cm³/mol. The monoisotopic (exact) mass is 227 g/mol. The summed E-state index contributed by atoms with van der Waals surface area (Å²) in [7, 11) is 3.90. The van der Waals surface area contributed by atoms with Gasteiger partial charge in [0.05, 0.1) is 17.3 Å². The molecule has 0 bridgehead atoms. The summed E-state index contributed by atoms with van der Waals surface area (Å²) in [5, 5.41) is 3.13. The molecule has 0 spiro atoms. The van der Waals surface area contributed by atoms with Crippen molar-refractivity contribution >= 4 is 16.7 Å². The van der Waals surface area contributed by atoms with E-state index in [4.69, 9.17) is 4.42 Å². The molecule has 0 amide bonds. The maximum absolute atomic E-state index is 5.39. The first-order valence-electron chi connectivity index (χ1n) is 5.47. The van der Waals surface area contributed by atoms with Crippen LogP contribution in [0.2, 0.25) is 0 Å². The molecule has 0 saturated heterocycles. The van der Waals surface area contributed by atoms with Gasteiger partial charge in [-0.25, -0.2) is 4.98 Å². The molecular weight excluding hydrogens is 214 g/mol. The molecule has 0 fully saturated rings. The van der Waals surface area contributed by atoms with Crippen LogP contribution in [0.5, 0.6) is 0 Å². The molecule has 2 heterocycles. The van der Waals surface area contributed by atoms with E-state index >= 15 is 0 Å². The highest BCUT2D eigenvalue weighted by molar-refractivity contribution is 5.83. The minimum Gasteiger partial charge on any atom is -0.461 e. The SMILES string of the molecule is CNc1ccc2nc(-c3ccco3)n(C)c2c1. The number of furan rings is 1. The van der Waals surface area contributed by atoms with Crippen LogP contribution in [-0.4, -0.2) is 16.6 Å². The molecule has 1 aromatic carbocycles. The summed E-state index contributed by atoms with van der Waals surface area (Å²) in [4.78, 5) is 4.57. The molecule has 0 radical (unpaired) electrons. The number of benzene rings is 1. The topological polar surface area (TPSA) is 43.0 Å². The quantitative estimate of drug-likeness (QED) is 0.732. The van der Waals surface area contributed by atoms with Crippen LogP contribution in [0.4, 0.5) is 5.69 Å². The Morgan fingerprint density at radius 2 is 2.18 bits per heavy atom. The lowest BCUT2D eigenvalue weighted by molar-refractivity contribution is 0.574. The number of anilines is 1. The zero-order valence-electron chi connectivity index (χ0n) is 9.77. The van der Waals surface area contributed by atoms with Crippen LogP contribution in [0.3, 0.4) is 0 Å². The first kappa shape index (κ1) is 9.96. The van der Waals surface area contributed by atoms with Crippen molar-refractivity contribution in [3.05, 3.63) is 36.6 Å². The Bertz CT molecular complexity index is 653. The van der Waals surface area contributed by atoms with E-state index in [-0.39, 0.29) is 0 Å². The van der Waals surface area contributed by atoms with E-state index in [2.05, 4.69) is 16.4 Å². The summed E-state index contributed by atoms with van der Waals surface area (Å²) in [6, 6.07) is 9.89. The van der Waals surface area contributed by atoms with Gasteiger partial charge in [-0.1, -0.05) is 0 Å². The Labute approximate surface area is 98.9 Å². The van der Waals surface area contributed by atoms with E-state index in [0.717, 1.165) is 28.3 Å². The standard InChI is InChI=1S/C13H13N3O/c1-14-9-5-6-10-11(8-9)16(2)13(15-10)12-4-3-7-17-12/h3-8,14H,1-2H3. The Balaban J connectivity index is 2.25. The Hall–Kier alpha value is -2.23. The lowest BCUT2D eigenvalue weighted by Crippen LogP contribution is -1.92. The van der Waals surface area contributed by atoms with Crippen LogP contribution in [0, 0.1) is 0 Å². The van der Waals surface area contributed by atoms with E-state index in [1.807, 2.05) is 42.9 Å². The summed E-state index contributed by atoms with van der Waals surface area (Å²) in [5.41, 5.74) is 3.13. The molecule has 0 aliphatic heterocycles. The van der Waals surface area contributed by atoms with Crippen molar-refractivity contribution in [3.63, 3.8) is 0 Å². The number of hydrogen-bond acceptors (Lipinski definition) is 3. The van der Waals surface area contributed by atoms with Crippen molar-refractivity contribution in [2.75, 3.05) is 12.4 Å². The highest BCUT2D eigenvalue weighted by Gasteiger charge is 2.11. The first-order valence-corrected chi connectivity index (χ1v) is 5.47. The van der Waals surface area contributed by atoms with E-state index in [1.165, 1.54) is 0 Å². The fourth-order valence-corrected chi connectivity index (χ4v) is 1.97. The van der Waals surface area contributed by atoms with Crippen molar-refractivity contribution in [3.8, 4) is 11.6 Å². The van der Waals surface area contributed by atoms with Gasteiger partial charge >= 0.3 is 0 Å². The molecule has 0 unspecified atom stereocenters. The van der Waals surface area contributed by atoms with Crippen LogP contribution in [0.1, 0.15) is 0 Å². The van der Waals surface area contributed by atoms with E-state index in [0.29, 0.717) is 0 Å². The number of nitrogens with zero attached hydrogens (tertiary/aromatic N) is 2. The highest BCUT2D eigenvalue weighted by atomic mass is 16.3. The van der Waals surface area contributed by atoms with Gasteiger partial charge in [-0.15, -0.1) is 0 Å². The van der Waals surface area contributed by atoms with Gasteiger partial charge in [0.1, 0.15) is 0 Å². The second-order valence-corrected chi connectivity index (χ2v) is 3.93. The predicted octanol–water partition coefficient (Wildman–Crippen LogP) is 2.88. The molecule has 1 N–H and O–H groups in total. The zero-order valence-corrected chi connectivity index (χ0v) is 9.77. The zero-order chi connectivity index (χ0) is 11.8. The van der Waals surface area contributed by atoms with Gasteiger partial charge in [-0.3, -0.25) is 0 Å². The average Bonchev–Trinajstić information content (AvgIpc) is 2.97. The van der Waals surface area contributed by atoms with Crippen LogP contribution < -0.4 is 5.32 Å². The van der Waals surface area contributed by atoms with Gasteiger partial charge in [-0.2, -0.15) is 0 Å². The molecule has 0 aliphatic rings. The molecule has 0 atom stereocenters. The summed E-state index contributed by atoms with van der Waals surface area (Å²) in [5.74, 6) is 1.63. The number of rotatable bonds is 2. The minimum atomic E-state index is 0.787. The molecule has 3 rings (SSSR count). The maximum Gasteiger partial charge on any atom is 0.176 e. The van der Waals surface area contributed by atoms with Crippen molar-refractivity contribution in [2.24, 2.45) is 7.05 Å². The second kappa shape index (κ2) is 3.66. The summed E-state index contributed by atoms with van der Waals surface area (Å²) in [6.45, 7) is 0. The first-order chi connectivity index (χ1) is 8.29. The fraction of sp³-hybridized carbons (Fsp3) is 0.154. The molecule has 17 heavy (non-hydrogen) atoms. The summed E-state index contributed by atoms with van der Waals surface area (Å²) in [6.07, 6.45) is 1.66. The van der Waals surface area contributed by atoms with Crippen LogP contribution in [0.25, 0.3) is 22.6 Å². The van der Waals surface area contributed by atoms with Gasteiger partial charge in [0.2, 0.25) is 0 Å². The molecule has 4 nitrogen and oxygen atoms in total. The molecule has 2 aromatic heterocycles. The number of hydrogen-bond donors (Lipinski definition) is 1. The number of aryl methyl sites for hydroxylation is 1. The third kappa shape index (κ3) is 1.49. The third-order valence-corrected chi connectivity index (χ3v) is 2.91. The smallest absolute Gasteiger partial charge is 0.176 e. The van der Waals surface area contributed by atoms with Crippen molar-refractivity contribution in [1.29, 1.82) is 0 Å². The van der Waals surface area contributed by atoms with Gasteiger partial charge in [0.15, 0.2) is 11.6 Å². The Kier molecular flexibility index (Phi) is 2.14. The van der Waals surface area contributed by atoms with Crippen molar-refractivity contribution < 1.29 is 4.42 Å². The lowest BCUT2D eigenvalue weighted by atomic mass is 10.3. The van der Waals surface area contributed by atoms with E-state index in [9.17, 15) is 0 Å². The maximum atomic E-state index is 5.39. The summed E-state index contributed by atoms with van der Waals surface area (Å²) < 4.78 is 7.42. The number of imidazole rings is 1. The summed E-state index contributed by atoms with van der Waals surface area (Å²) >= 11 is 0. The third-order valence-electron chi connectivity index (χ3n) is 2.91. The fourth-order valence-electron chi connectivity index (χ4n) is 1.97. The largest absolute Gasteiger partial charge is 0.461 e. The van der Waals surface area contributed by atoms with Gasteiger partial charge in [-0.05, 0) is 30.3 Å². The normalized spacial score (nSPS) is 10.9. The second-order valence-electron chi connectivity index (χ2n) is 3.93. The Morgan fingerprint density at radius 3 is 2.88 bits per heavy atom. The van der Waals surface area contributed by atoms with Crippen LogP contribution in [0.15, 0.2) is 41.0 Å². The molecule has 4 heteroatoms. The molecule has 0 aliphatic carbocycles. The Morgan fingerprint density at radius 1 is 1.29 bits per heavy atom. The highest BCUT2D eigenvalue weighted by Crippen LogP contribution is 2.25. The van der Waals surface area contributed by atoms with Crippen molar-refractivity contribution in [1.82, 2.24) is 9.55 Å². The molecule has 0 saturated carbocycles. The molecular formula is C13H13N3O. The molecule has 3 aromatic rings. The van der Waals surface area contributed by atoms with E-state index in [1.54, 1.807) is 6.26 Å². The van der Waals surface area contributed by atoms with Crippen molar-refractivity contribution in [2.45, 2.75) is 0 Å². The van der Waals surface area contributed by atoms with Crippen LogP contribution in [-0.2, 0) is 7.05 Å². The van der Waals surface area contributed by atoms with Crippen LogP contribution >= 0.6 is 0 Å². The number of fused-ring (bicyclic) bond motifs is 1. The average molecular weight is 227 g/mol. The van der Waals surface area contributed by atoms with Gasteiger partial charge in [0.25, 0.3) is 0 Å². The van der Waals surface area contributed by atoms with Gasteiger partial charge < -0.3 is 14.3 Å². The molecule has 86 valence electrons. The number of aromatic nitrogens is 2. The number of nitrogens with one attached hydrogen (secondary N) is 1. The van der Waals surface area contributed by atoms with Gasteiger partial charge in [0, 0.05) is 19.8 Å². The van der Waals surface area contributed by atoms with E-state index < -0.39 is 0 Å². The minimum absolute atomic E-state index is 0.787.